The van der Waals surface area contributed by atoms with Crippen molar-refractivity contribution in [2.24, 2.45) is 0 Å². The normalized spacial score (nSPS) is 14.3. The van der Waals surface area contributed by atoms with Crippen molar-refractivity contribution >= 4 is 11.6 Å². The van der Waals surface area contributed by atoms with Crippen LogP contribution >= 0.6 is 11.6 Å². The number of methoxy groups -OCH3 is 1. The molecule has 4 heteroatoms. The van der Waals surface area contributed by atoms with Gasteiger partial charge in [-0.2, -0.15) is 0 Å². The fourth-order valence-electron chi connectivity index (χ4n) is 1.92. The molecule has 0 radical (unpaired) electrons. The first-order chi connectivity index (χ1) is 9.17. The summed E-state index contributed by atoms with van der Waals surface area (Å²) in [6.07, 6.45) is 1.16. The molecule has 108 valence electrons. The number of nitrogens with one attached hydrogen (secondary N) is 1. The maximum Gasteiger partial charge on any atom is 0.0954 e. The molecule has 2 unspecified atom stereocenters. The van der Waals surface area contributed by atoms with Crippen molar-refractivity contribution in [1.29, 1.82) is 0 Å². The topological polar surface area (TPSA) is 30.5 Å². The molecule has 0 saturated carbocycles. The summed E-state index contributed by atoms with van der Waals surface area (Å²) in [6, 6.07) is 7.83. The first kappa shape index (κ1) is 16.4. The molecule has 1 aromatic rings. The second-order valence-electron chi connectivity index (χ2n) is 4.65. The Kier molecular flexibility index (Phi) is 8.07. The summed E-state index contributed by atoms with van der Waals surface area (Å²) in [7, 11) is 1.68. The molecule has 19 heavy (non-hydrogen) atoms. The zero-order valence-electron chi connectivity index (χ0n) is 12.0. The highest BCUT2D eigenvalue weighted by Crippen LogP contribution is 2.22. The van der Waals surface area contributed by atoms with E-state index >= 15 is 0 Å². The van der Waals surface area contributed by atoms with Gasteiger partial charge < -0.3 is 14.8 Å². The van der Waals surface area contributed by atoms with Gasteiger partial charge in [0.05, 0.1) is 18.8 Å². The fraction of sp³-hybridized carbons (Fsp3) is 0.600. The van der Waals surface area contributed by atoms with Crippen molar-refractivity contribution in [3.05, 3.63) is 34.9 Å². The Hall–Kier alpha value is -0.610. The first-order valence-electron chi connectivity index (χ1n) is 6.78. The number of rotatable bonds is 9. The molecule has 0 saturated heterocycles. The van der Waals surface area contributed by atoms with Crippen LogP contribution < -0.4 is 5.32 Å². The lowest BCUT2D eigenvalue weighted by Gasteiger charge is -2.23. The molecular weight excluding hydrogens is 262 g/mol. The minimum Gasteiger partial charge on any atom is -0.382 e. The summed E-state index contributed by atoms with van der Waals surface area (Å²) in [4.78, 5) is 0. The molecular formula is C15H24ClNO2. The van der Waals surface area contributed by atoms with Gasteiger partial charge in [-0.15, -0.1) is 0 Å². The van der Waals surface area contributed by atoms with E-state index in [0.717, 1.165) is 30.1 Å². The highest BCUT2D eigenvalue weighted by atomic mass is 35.5. The van der Waals surface area contributed by atoms with Gasteiger partial charge in [0.1, 0.15) is 0 Å². The second kappa shape index (κ2) is 9.32. The third-order valence-electron chi connectivity index (χ3n) is 2.77. The molecule has 0 heterocycles. The summed E-state index contributed by atoms with van der Waals surface area (Å²) < 4.78 is 11.2. The number of halogens is 1. The Balaban J connectivity index is 2.67. The van der Waals surface area contributed by atoms with Crippen LogP contribution in [-0.4, -0.2) is 32.9 Å². The molecule has 3 nitrogen and oxygen atoms in total. The largest absolute Gasteiger partial charge is 0.382 e. The molecule has 0 aliphatic carbocycles. The molecule has 0 fully saturated rings. The van der Waals surface area contributed by atoms with Crippen molar-refractivity contribution < 1.29 is 9.47 Å². The smallest absolute Gasteiger partial charge is 0.0954 e. The number of ether oxygens (including phenoxy) is 2. The van der Waals surface area contributed by atoms with E-state index in [2.05, 4.69) is 12.2 Å². The lowest BCUT2D eigenvalue weighted by Crippen LogP contribution is -2.28. The standard InChI is InChI=1S/C15H24ClNO2/c1-4-8-17-10-15(19-12(2)11-18-3)13-6-5-7-14(16)9-13/h5-7,9,12,15,17H,4,8,10-11H2,1-3H3. The molecule has 0 aliphatic heterocycles. The van der Waals surface area contributed by atoms with Gasteiger partial charge in [0, 0.05) is 18.7 Å². The third kappa shape index (κ3) is 6.39. The zero-order chi connectivity index (χ0) is 14.1. The van der Waals surface area contributed by atoms with E-state index in [1.54, 1.807) is 7.11 Å². The molecule has 1 rings (SSSR count). The molecule has 1 aromatic carbocycles. The molecule has 0 aliphatic rings. The monoisotopic (exact) mass is 285 g/mol. The number of benzene rings is 1. The SMILES string of the molecule is CCCNCC(OC(C)COC)c1cccc(Cl)c1. The van der Waals surface area contributed by atoms with Crippen molar-refractivity contribution in [2.75, 3.05) is 26.8 Å². The van der Waals surface area contributed by atoms with Crippen molar-refractivity contribution in [2.45, 2.75) is 32.5 Å². The summed E-state index contributed by atoms with van der Waals surface area (Å²) in [5.74, 6) is 0. The maximum atomic E-state index is 6.05. The third-order valence-corrected chi connectivity index (χ3v) is 3.01. The average Bonchev–Trinajstić information content (AvgIpc) is 2.38. The van der Waals surface area contributed by atoms with Crippen LogP contribution in [0.5, 0.6) is 0 Å². The lowest BCUT2D eigenvalue weighted by atomic mass is 10.1. The molecule has 1 N–H and O–H groups in total. The van der Waals surface area contributed by atoms with Crippen LogP contribution in [0.1, 0.15) is 31.9 Å². The van der Waals surface area contributed by atoms with E-state index in [-0.39, 0.29) is 12.2 Å². The van der Waals surface area contributed by atoms with E-state index in [9.17, 15) is 0 Å². The van der Waals surface area contributed by atoms with Crippen molar-refractivity contribution in [3.63, 3.8) is 0 Å². The van der Waals surface area contributed by atoms with Gasteiger partial charge in [-0.1, -0.05) is 30.7 Å². The minimum absolute atomic E-state index is 0.00426. The van der Waals surface area contributed by atoms with Crippen molar-refractivity contribution in [1.82, 2.24) is 5.32 Å². The van der Waals surface area contributed by atoms with Crippen LogP contribution in [0.4, 0.5) is 0 Å². The highest BCUT2D eigenvalue weighted by molar-refractivity contribution is 6.30. The summed E-state index contributed by atoms with van der Waals surface area (Å²) >= 11 is 6.05. The van der Waals surface area contributed by atoms with Crippen LogP contribution in [0.3, 0.4) is 0 Å². The maximum absolute atomic E-state index is 6.05. The average molecular weight is 286 g/mol. The molecule has 0 spiro atoms. The quantitative estimate of drug-likeness (QED) is 0.705. The predicted molar refractivity (Wildman–Crippen MR) is 79.8 cm³/mol. The van der Waals surface area contributed by atoms with Gasteiger partial charge in [-0.3, -0.25) is 0 Å². The summed E-state index contributed by atoms with van der Waals surface area (Å²) in [5.41, 5.74) is 1.10. The highest BCUT2D eigenvalue weighted by Gasteiger charge is 2.15. The number of hydrogen-bond donors (Lipinski definition) is 1. The van der Waals surface area contributed by atoms with Gasteiger partial charge in [0.2, 0.25) is 0 Å². The van der Waals surface area contributed by atoms with Crippen LogP contribution in [0, 0.1) is 0 Å². The van der Waals surface area contributed by atoms with Gasteiger partial charge in [0.15, 0.2) is 0 Å². The Bertz CT molecular complexity index is 360. The van der Waals surface area contributed by atoms with Crippen LogP contribution in [0.15, 0.2) is 24.3 Å². The van der Waals surface area contributed by atoms with Crippen LogP contribution in [-0.2, 0) is 9.47 Å². The summed E-state index contributed by atoms with van der Waals surface area (Å²) in [5, 5.41) is 4.13. The van der Waals surface area contributed by atoms with Crippen molar-refractivity contribution in [3.8, 4) is 0 Å². The Labute approximate surface area is 121 Å². The van der Waals surface area contributed by atoms with E-state index in [4.69, 9.17) is 21.1 Å². The van der Waals surface area contributed by atoms with Gasteiger partial charge >= 0.3 is 0 Å². The predicted octanol–water partition coefficient (Wildman–Crippen LogP) is 3.43. The number of hydrogen-bond acceptors (Lipinski definition) is 3. The summed E-state index contributed by atoms with van der Waals surface area (Å²) in [6.45, 7) is 6.52. The molecule has 0 amide bonds. The van der Waals surface area contributed by atoms with Crippen LogP contribution in [0.2, 0.25) is 5.02 Å². The molecule has 0 aromatic heterocycles. The van der Waals surface area contributed by atoms with Gasteiger partial charge in [0.25, 0.3) is 0 Å². The first-order valence-corrected chi connectivity index (χ1v) is 7.15. The molecule has 0 bridgehead atoms. The van der Waals surface area contributed by atoms with Gasteiger partial charge in [-0.05, 0) is 37.6 Å². The van der Waals surface area contributed by atoms with E-state index in [0.29, 0.717) is 6.61 Å². The molecule has 2 atom stereocenters. The van der Waals surface area contributed by atoms with Crippen LogP contribution in [0.25, 0.3) is 0 Å². The van der Waals surface area contributed by atoms with Gasteiger partial charge in [-0.25, -0.2) is 0 Å². The Morgan fingerprint density at radius 1 is 1.37 bits per heavy atom. The Morgan fingerprint density at radius 3 is 2.79 bits per heavy atom. The minimum atomic E-state index is -0.00426. The Morgan fingerprint density at radius 2 is 2.16 bits per heavy atom. The fourth-order valence-corrected chi connectivity index (χ4v) is 2.11. The second-order valence-corrected chi connectivity index (χ2v) is 5.09. The van der Waals surface area contributed by atoms with E-state index in [1.165, 1.54) is 0 Å². The lowest BCUT2D eigenvalue weighted by molar-refractivity contribution is -0.0392. The zero-order valence-corrected chi connectivity index (χ0v) is 12.7. The van der Waals surface area contributed by atoms with E-state index < -0.39 is 0 Å². The van der Waals surface area contributed by atoms with E-state index in [1.807, 2.05) is 31.2 Å².